The van der Waals surface area contributed by atoms with Crippen molar-refractivity contribution in [2.45, 2.75) is 0 Å². The van der Waals surface area contributed by atoms with E-state index in [0.717, 1.165) is 10.8 Å². The van der Waals surface area contributed by atoms with E-state index in [0.29, 0.717) is 11.4 Å². The molecule has 1 aromatic carbocycles. The number of nitrogens with one attached hydrogen (secondary N) is 1. The summed E-state index contributed by atoms with van der Waals surface area (Å²) in [7, 11) is 0. The second-order valence-corrected chi connectivity index (χ2v) is 3.42. The molecule has 2 rings (SSSR count). The molecule has 0 atom stereocenters. The van der Waals surface area contributed by atoms with Crippen molar-refractivity contribution in [3.05, 3.63) is 36.0 Å². The highest BCUT2D eigenvalue weighted by atomic mass is 16.4. The maximum Gasteiger partial charge on any atom is 0.322 e. The largest absolute Gasteiger partial charge is 0.480 e. The number of aliphatic carboxylic acids is 1. The van der Waals surface area contributed by atoms with Crippen LogP contribution in [-0.2, 0) is 4.79 Å². The van der Waals surface area contributed by atoms with Crippen molar-refractivity contribution in [2.24, 2.45) is 0 Å². The fourth-order valence-corrected chi connectivity index (χ4v) is 1.60. The molecule has 0 amide bonds. The molecule has 1 heterocycles. The summed E-state index contributed by atoms with van der Waals surface area (Å²) >= 11 is 0. The lowest BCUT2D eigenvalue weighted by molar-refractivity contribution is -0.134. The van der Waals surface area contributed by atoms with Crippen LogP contribution in [0.4, 0.5) is 5.82 Å². The topological polar surface area (TPSA) is 86.0 Å². The molecule has 0 fully saturated rings. The van der Waals surface area contributed by atoms with Gasteiger partial charge in [0.25, 0.3) is 0 Å². The maximum absolute atomic E-state index is 10.5. The van der Waals surface area contributed by atoms with E-state index in [9.17, 15) is 4.79 Å². The summed E-state index contributed by atoms with van der Waals surface area (Å²) in [5.41, 5.74) is 0.545. The number of nitrogens with zero attached hydrogens (tertiary/aromatic N) is 2. The Bertz CT molecular complexity index is 617. The predicted molar refractivity (Wildman–Crippen MR) is 62.6 cm³/mol. The quantitative estimate of drug-likeness (QED) is 0.831. The van der Waals surface area contributed by atoms with Gasteiger partial charge >= 0.3 is 5.97 Å². The number of hydrogen-bond acceptors (Lipinski definition) is 4. The molecule has 0 spiro atoms. The highest BCUT2D eigenvalue weighted by Crippen LogP contribution is 2.23. The Labute approximate surface area is 97.3 Å². The molecule has 0 saturated carbocycles. The molecule has 0 aliphatic heterocycles. The smallest absolute Gasteiger partial charge is 0.322 e. The van der Waals surface area contributed by atoms with E-state index in [2.05, 4.69) is 16.4 Å². The minimum Gasteiger partial charge on any atom is -0.480 e. The predicted octanol–water partition coefficient (Wildman–Crippen LogP) is 1.60. The Kier molecular flexibility index (Phi) is 2.88. The lowest BCUT2D eigenvalue weighted by Crippen LogP contribution is -2.13. The summed E-state index contributed by atoms with van der Waals surface area (Å²) < 4.78 is 0. The number of carbonyl (C=O) groups is 1. The van der Waals surface area contributed by atoms with E-state index in [1.807, 2.05) is 0 Å². The van der Waals surface area contributed by atoms with Crippen LogP contribution in [0, 0.1) is 11.3 Å². The third kappa shape index (κ3) is 2.16. The monoisotopic (exact) mass is 227 g/mol. The van der Waals surface area contributed by atoms with E-state index in [1.165, 1.54) is 0 Å². The van der Waals surface area contributed by atoms with Gasteiger partial charge in [0.2, 0.25) is 0 Å². The van der Waals surface area contributed by atoms with Gasteiger partial charge in [-0.25, -0.2) is 4.98 Å². The molecular formula is C12H9N3O2. The number of hydrogen-bond donors (Lipinski definition) is 2. The van der Waals surface area contributed by atoms with Crippen molar-refractivity contribution in [2.75, 3.05) is 11.9 Å². The lowest BCUT2D eigenvalue weighted by Gasteiger charge is -2.07. The van der Waals surface area contributed by atoms with Crippen LogP contribution in [0.5, 0.6) is 0 Å². The summed E-state index contributed by atoms with van der Waals surface area (Å²) in [6, 6.07) is 9.08. The Morgan fingerprint density at radius 2 is 2.24 bits per heavy atom. The first-order valence-corrected chi connectivity index (χ1v) is 4.96. The fraction of sp³-hybridized carbons (Fsp3) is 0.0833. The van der Waals surface area contributed by atoms with Gasteiger partial charge in [-0.15, -0.1) is 0 Å². The molecule has 0 aliphatic rings. The molecule has 0 aliphatic carbocycles. The summed E-state index contributed by atoms with van der Waals surface area (Å²) in [5.74, 6) is -0.484. The Morgan fingerprint density at radius 1 is 1.41 bits per heavy atom. The number of pyridine rings is 1. The highest BCUT2D eigenvalue weighted by Gasteiger charge is 2.06. The van der Waals surface area contributed by atoms with E-state index in [1.54, 1.807) is 30.5 Å². The molecule has 0 radical (unpaired) electrons. The third-order valence-electron chi connectivity index (χ3n) is 2.33. The molecular weight excluding hydrogens is 218 g/mol. The second kappa shape index (κ2) is 4.49. The molecule has 5 heteroatoms. The zero-order valence-corrected chi connectivity index (χ0v) is 8.84. The van der Waals surface area contributed by atoms with Gasteiger partial charge in [0, 0.05) is 17.0 Å². The number of aromatic nitrogens is 1. The summed E-state index contributed by atoms with van der Waals surface area (Å²) in [6.45, 7) is -0.205. The minimum absolute atomic E-state index is 0.205. The number of anilines is 1. The number of benzene rings is 1. The first-order valence-electron chi connectivity index (χ1n) is 4.96. The average molecular weight is 227 g/mol. The Morgan fingerprint density at radius 3 is 2.94 bits per heavy atom. The van der Waals surface area contributed by atoms with E-state index >= 15 is 0 Å². The van der Waals surface area contributed by atoms with E-state index in [4.69, 9.17) is 10.4 Å². The number of nitriles is 1. The standard InChI is InChI=1S/C12H9N3O2/c13-6-8-2-1-3-10-9(8)4-5-14-12(10)15-7-11(16)17/h1-5H,7H2,(H,14,15)(H,16,17). The van der Waals surface area contributed by atoms with Gasteiger partial charge in [-0.05, 0) is 12.1 Å². The number of rotatable bonds is 3. The van der Waals surface area contributed by atoms with Crippen LogP contribution in [0.3, 0.4) is 0 Å². The Balaban J connectivity index is 2.51. The molecule has 2 N–H and O–H groups in total. The first-order chi connectivity index (χ1) is 8.22. The zero-order valence-electron chi connectivity index (χ0n) is 8.84. The molecule has 0 saturated heterocycles. The van der Waals surface area contributed by atoms with Crippen molar-refractivity contribution in [3.63, 3.8) is 0 Å². The summed E-state index contributed by atoms with van der Waals surface area (Å²) in [6.07, 6.45) is 1.55. The van der Waals surface area contributed by atoms with Crippen LogP contribution in [0.25, 0.3) is 10.8 Å². The molecule has 84 valence electrons. The molecule has 0 unspecified atom stereocenters. The molecule has 17 heavy (non-hydrogen) atoms. The zero-order chi connectivity index (χ0) is 12.3. The van der Waals surface area contributed by atoms with Crippen LogP contribution in [-0.4, -0.2) is 22.6 Å². The second-order valence-electron chi connectivity index (χ2n) is 3.42. The minimum atomic E-state index is -0.958. The normalized spacial score (nSPS) is 9.82. The summed E-state index contributed by atoms with van der Waals surface area (Å²) in [4.78, 5) is 14.6. The van der Waals surface area contributed by atoms with Gasteiger partial charge in [-0.3, -0.25) is 4.79 Å². The first kappa shape index (κ1) is 10.9. The van der Waals surface area contributed by atoms with Gasteiger partial charge < -0.3 is 10.4 Å². The molecule has 5 nitrogen and oxygen atoms in total. The SMILES string of the molecule is N#Cc1cccc2c(NCC(=O)O)nccc12. The number of fused-ring (bicyclic) bond motifs is 1. The van der Waals surface area contributed by atoms with Crippen LogP contribution in [0.15, 0.2) is 30.5 Å². The van der Waals surface area contributed by atoms with Crippen LogP contribution in [0.2, 0.25) is 0 Å². The van der Waals surface area contributed by atoms with Crippen molar-refractivity contribution >= 4 is 22.6 Å². The van der Waals surface area contributed by atoms with Gasteiger partial charge in [-0.2, -0.15) is 5.26 Å². The lowest BCUT2D eigenvalue weighted by atomic mass is 10.1. The van der Waals surface area contributed by atoms with Gasteiger partial charge in [-0.1, -0.05) is 12.1 Å². The fourth-order valence-electron chi connectivity index (χ4n) is 1.60. The molecule has 0 bridgehead atoms. The van der Waals surface area contributed by atoms with E-state index < -0.39 is 5.97 Å². The van der Waals surface area contributed by atoms with Gasteiger partial charge in [0.1, 0.15) is 12.4 Å². The molecule has 1 aromatic heterocycles. The van der Waals surface area contributed by atoms with Crippen molar-refractivity contribution in [1.82, 2.24) is 4.98 Å². The molecule has 2 aromatic rings. The van der Waals surface area contributed by atoms with Gasteiger partial charge in [0.05, 0.1) is 11.6 Å². The highest BCUT2D eigenvalue weighted by molar-refractivity contribution is 5.95. The average Bonchev–Trinajstić information content (AvgIpc) is 2.35. The third-order valence-corrected chi connectivity index (χ3v) is 2.33. The summed E-state index contributed by atoms with van der Waals surface area (Å²) in [5, 5.41) is 21.8. The van der Waals surface area contributed by atoms with Crippen LogP contribution < -0.4 is 5.32 Å². The number of carboxylic acids is 1. The van der Waals surface area contributed by atoms with Gasteiger partial charge in [0.15, 0.2) is 0 Å². The number of carboxylic acid groups (broad SMARTS) is 1. The van der Waals surface area contributed by atoms with Crippen LogP contribution in [0.1, 0.15) is 5.56 Å². The van der Waals surface area contributed by atoms with Crippen LogP contribution >= 0.6 is 0 Å². The van der Waals surface area contributed by atoms with Crippen molar-refractivity contribution in [3.8, 4) is 6.07 Å². The van der Waals surface area contributed by atoms with E-state index in [-0.39, 0.29) is 6.54 Å². The van der Waals surface area contributed by atoms with Crippen molar-refractivity contribution in [1.29, 1.82) is 5.26 Å². The maximum atomic E-state index is 10.5. The van der Waals surface area contributed by atoms with Crippen molar-refractivity contribution < 1.29 is 9.90 Å². The Hall–Kier alpha value is -2.61.